The van der Waals surface area contributed by atoms with Crippen molar-refractivity contribution in [2.24, 2.45) is 0 Å². The standard InChI is InChI=1S/C13H14F6N2/c14-10-7-8(1-2-9(10)13(17,18)19)11(12(15)16)21-5-3-20-4-6-21/h1-2,7,11-12,20H,3-6H2/t11-/m1/s1. The van der Waals surface area contributed by atoms with Gasteiger partial charge in [0, 0.05) is 26.2 Å². The fourth-order valence-corrected chi connectivity index (χ4v) is 2.42. The summed E-state index contributed by atoms with van der Waals surface area (Å²) in [6, 6.07) is 0.596. The summed E-state index contributed by atoms with van der Waals surface area (Å²) in [4.78, 5) is 1.45. The van der Waals surface area contributed by atoms with Crippen molar-refractivity contribution in [3.8, 4) is 0 Å². The third-order valence-electron chi connectivity index (χ3n) is 3.42. The van der Waals surface area contributed by atoms with Gasteiger partial charge in [-0.05, 0) is 17.7 Å². The van der Waals surface area contributed by atoms with Gasteiger partial charge < -0.3 is 5.32 Å². The van der Waals surface area contributed by atoms with Crippen LogP contribution in [-0.2, 0) is 6.18 Å². The van der Waals surface area contributed by atoms with E-state index in [1.165, 1.54) is 4.90 Å². The van der Waals surface area contributed by atoms with Crippen molar-refractivity contribution in [1.82, 2.24) is 10.2 Å². The maximum absolute atomic E-state index is 13.5. The Morgan fingerprint density at radius 2 is 1.71 bits per heavy atom. The van der Waals surface area contributed by atoms with Gasteiger partial charge in [0.05, 0.1) is 11.6 Å². The van der Waals surface area contributed by atoms with Crippen LogP contribution < -0.4 is 5.32 Å². The first-order chi connectivity index (χ1) is 9.80. The van der Waals surface area contributed by atoms with Crippen LogP contribution in [0.25, 0.3) is 0 Å². The van der Waals surface area contributed by atoms with Crippen LogP contribution in [0.3, 0.4) is 0 Å². The Kier molecular flexibility index (Phi) is 4.77. The van der Waals surface area contributed by atoms with Gasteiger partial charge >= 0.3 is 6.18 Å². The molecular formula is C13H14F6N2. The van der Waals surface area contributed by atoms with Crippen molar-refractivity contribution in [2.75, 3.05) is 26.2 Å². The zero-order valence-electron chi connectivity index (χ0n) is 10.9. The van der Waals surface area contributed by atoms with Crippen LogP contribution in [0.4, 0.5) is 26.3 Å². The van der Waals surface area contributed by atoms with Gasteiger partial charge in [-0.2, -0.15) is 13.2 Å². The molecule has 21 heavy (non-hydrogen) atoms. The smallest absolute Gasteiger partial charge is 0.314 e. The highest BCUT2D eigenvalue weighted by Crippen LogP contribution is 2.34. The van der Waals surface area contributed by atoms with Crippen LogP contribution in [0.5, 0.6) is 0 Å². The van der Waals surface area contributed by atoms with Gasteiger partial charge in [0.2, 0.25) is 0 Å². The summed E-state index contributed by atoms with van der Waals surface area (Å²) in [7, 11) is 0. The molecule has 0 unspecified atom stereocenters. The van der Waals surface area contributed by atoms with Gasteiger partial charge in [-0.3, -0.25) is 4.90 Å². The van der Waals surface area contributed by atoms with E-state index in [0.717, 1.165) is 6.07 Å². The quantitative estimate of drug-likeness (QED) is 0.863. The fraction of sp³-hybridized carbons (Fsp3) is 0.538. The Labute approximate surface area is 117 Å². The molecule has 0 spiro atoms. The van der Waals surface area contributed by atoms with E-state index in [-0.39, 0.29) is 5.56 Å². The molecule has 1 saturated heterocycles. The van der Waals surface area contributed by atoms with Crippen LogP contribution in [0.1, 0.15) is 17.2 Å². The SMILES string of the molecule is Fc1cc([C@H](C(F)F)N2CCNCC2)ccc1C(F)(F)F. The average Bonchev–Trinajstić information content (AvgIpc) is 2.38. The molecule has 0 amide bonds. The lowest BCUT2D eigenvalue weighted by atomic mass is 10.0. The molecular weight excluding hydrogens is 298 g/mol. The molecule has 1 atom stereocenters. The number of nitrogens with zero attached hydrogens (tertiary/aromatic N) is 1. The maximum Gasteiger partial charge on any atom is 0.419 e. The second kappa shape index (κ2) is 6.23. The molecule has 1 aliphatic rings. The number of piperazine rings is 1. The Morgan fingerprint density at radius 1 is 1.10 bits per heavy atom. The third-order valence-corrected chi connectivity index (χ3v) is 3.42. The number of alkyl halides is 5. The lowest BCUT2D eigenvalue weighted by Crippen LogP contribution is -2.46. The van der Waals surface area contributed by atoms with Gasteiger partial charge in [0.25, 0.3) is 6.43 Å². The van der Waals surface area contributed by atoms with Crippen molar-refractivity contribution in [3.63, 3.8) is 0 Å². The molecule has 2 nitrogen and oxygen atoms in total. The highest BCUT2D eigenvalue weighted by Gasteiger charge is 2.36. The van der Waals surface area contributed by atoms with E-state index >= 15 is 0 Å². The molecule has 0 bridgehead atoms. The van der Waals surface area contributed by atoms with Crippen LogP contribution in [0, 0.1) is 5.82 Å². The summed E-state index contributed by atoms with van der Waals surface area (Å²) in [6.45, 7) is 1.67. The molecule has 0 aromatic heterocycles. The first-order valence-corrected chi connectivity index (χ1v) is 6.40. The summed E-state index contributed by atoms with van der Waals surface area (Å²) < 4.78 is 77.5. The summed E-state index contributed by atoms with van der Waals surface area (Å²) >= 11 is 0. The maximum atomic E-state index is 13.5. The highest BCUT2D eigenvalue weighted by molar-refractivity contribution is 5.29. The lowest BCUT2D eigenvalue weighted by Gasteiger charge is -2.34. The minimum atomic E-state index is -4.84. The minimum absolute atomic E-state index is 0.141. The minimum Gasteiger partial charge on any atom is -0.314 e. The van der Waals surface area contributed by atoms with Crippen LogP contribution in [-0.4, -0.2) is 37.5 Å². The van der Waals surface area contributed by atoms with E-state index in [9.17, 15) is 26.3 Å². The van der Waals surface area contributed by atoms with Gasteiger partial charge in [-0.25, -0.2) is 13.2 Å². The van der Waals surface area contributed by atoms with Crippen molar-refractivity contribution in [3.05, 3.63) is 35.1 Å². The molecule has 0 saturated carbocycles. The van der Waals surface area contributed by atoms with E-state index in [2.05, 4.69) is 5.32 Å². The van der Waals surface area contributed by atoms with E-state index in [4.69, 9.17) is 0 Å². The first-order valence-electron chi connectivity index (χ1n) is 6.40. The van der Waals surface area contributed by atoms with Crippen LogP contribution >= 0.6 is 0 Å². The number of hydrogen-bond acceptors (Lipinski definition) is 2. The third kappa shape index (κ3) is 3.68. The molecule has 1 heterocycles. The van der Waals surface area contributed by atoms with Gasteiger partial charge in [-0.15, -0.1) is 0 Å². The molecule has 2 rings (SSSR count). The highest BCUT2D eigenvalue weighted by atomic mass is 19.4. The van der Waals surface area contributed by atoms with E-state index in [1.54, 1.807) is 0 Å². The largest absolute Gasteiger partial charge is 0.419 e. The van der Waals surface area contributed by atoms with Crippen LogP contribution in [0.15, 0.2) is 18.2 Å². The van der Waals surface area contributed by atoms with Crippen molar-refractivity contribution in [2.45, 2.75) is 18.6 Å². The summed E-state index contributed by atoms with van der Waals surface area (Å²) in [6.07, 6.45) is -7.64. The number of nitrogens with one attached hydrogen (secondary N) is 1. The Morgan fingerprint density at radius 3 is 2.19 bits per heavy atom. The lowest BCUT2D eigenvalue weighted by molar-refractivity contribution is -0.140. The molecule has 1 N–H and O–H groups in total. The molecule has 8 heteroatoms. The summed E-state index contributed by atoms with van der Waals surface area (Å²) in [5, 5.41) is 2.99. The molecule has 118 valence electrons. The van der Waals surface area contributed by atoms with E-state index in [0.29, 0.717) is 38.3 Å². The Hall–Kier alpha value is -1.28. The normalized spacial score (nSPS) is 19.0. The molecule has 0 radical (unpaired) electrons. The Balaban J connectivity index is 2.31. The summed E-state index contributed by atoms with van der Waals surface area (Å²) in [5.74, 6) is -1.53. The zero-order chi connectivity index (χ0) is 15.6. The Bertz CT molecular complexity index is 482. The molecule has 0 aliphatic carbocycles. The van der Waals surface area contributed by atoms with Gasteiger partial charge in [-0.1, -0.05) is 6.07 Å². The van der Waals surface area contributed by atoms with Crippen molar-refractivity contribution in [1.29, 1.82) is 0 Å². The number of benzene rings is 1. The predicted molar refractivity (Wildman–Crippen MR) is 64.6 cm³/mol. The number of halogens is 6. The molecule has 1 aromatic rings. The summed E-state index contributed by atoms with van der Waals surface area (Å²) in [5.41, 5.74) is -1.59. The second-order valence-corrected chi connectivity index (χ2v) is 4.80. The van der Waals surface area contributed by atoms with Crippen molar-refractivity contribution < 1.29 is 26.3 Å². The second-order valence-electron chi connectivity index (χ2n) is 4.80. The van der Waals surface area contributed by atoms with Crippen LogP contribution in [0.2, 0.25) is 0 Å². The number of rotatable bonds is 3. The van der Waals surface area contributed by atoms with Crippen molar-refractivity contribution >= 4 is 0 Å². The topological polar surface area (TPSA) is 15.3 Å². The predicted octanol–water partition coefficient (Wildman–Crippen LogP) is 3.06. The average molecular weight is 312 g/mol. The van der Waals surface area contributed by atoms with Gasteiger partial charge in [0.15, 0.2) is 0 Å². The fourth-order valence-electron chi connectivity index (χ4n) is 2.42. The first kappa shape index (κ1) is 16.1. The zero-order valence-corrected chi connectivity index (χ0v) is 10.9. The van der Waals surface area contributed by atoms with E-state index < -0.39 is 30.0 Å². The monoisotopic (exact) mass is 312 g/mol. The molecule has 1 aromatic carbocycles. The molecule has 1 fully saturated rings. The van der Waals surface area contributed by atoms with E-state index in [1.807, 2.05) is 0 Å². The number of hydrogen-bond donors (Lipinski definition) is 1. The van der Waals surface area contributed by atoms with Gasteiger partial charge in [0.1, 0.15) is 5.82 Å². The molecule has 1 aliphatic heterocycles.